The zero-order valence-electron chi connectivity index (χ0n) is 17.2. The van der Waals surface area contributed by atoms with E-state index in [2.05, 4.69) is 46.9 Å². The largest absolute Gasteiger partial charge is 0.489 e. The standard InChI is InChI=1S/C22H27NO4S2/c1-15-12-23(16-8-6-5-7-9-16)17-10-20(28-4)18(11-19(17)29-13-15)27-14-22(2,25)21(24)26-3/h5-11,15,25H,12-14H2,1-4H3/t15?,22-/m0/s1. The number of thioether (sulfide) groups is 2. The fraction of sp³-hybridized carbons (Fsp3) is 0.409. The lowest BCUT2D eigenvalue weighted by Gasteiger charge is -2.28. The molecule has 3 rings (SSSR count). The van der Waals surface area contributed by atoms with E-state index in [-0.39, 0.29) is 6.61 Å². The number of esters is 1. The Bertz CT molecular complexity index is 857. The number of hydrogen-bond acceptors (Lipinski definition) is 7. The van der Waals surface area contributed by atoms with Crippen LogP contribution in [0.5, 0.6) is 5.75 Å². The van der Waals surface area contributed by atoms with Gasteiger partial charge in [-0.05, 0) is 43.4 Å². The van der Waals surface area contributed by atoms with Crippen LogP contribution in [-0.4, -0.2) is 48.9 Å². The monoisotopic (exact) mass is 433 g/mol. The van der Waals surface area contributed by atoms with Gasteiger partial charge in [0.05, 0.1) is 17.7 Å². The molecule has 5 nitrogen and oxygen atoms in total. The minimum Gasteiger partial charge on any atom is -0.489 e. The second-order valence-electron chi connectivity index (χ2n) is 7.39. The summed E-state index contributed by atoms with van der Waals surface area (Å²) in [6, 6.07) is 14.6. The Balaban J connectivity index is 1.96. The van der Waals surface area contributed by atoms with Crippen molar-refractivity contribution in [1.29, 1.82) is 0 Å². The number of anilines is 2. The Morgan fingerprint density at radius 1 is 1.34 bits per heavy atom. The number of carbonyl (C=O) groups is 1. The van der Waals surface area contributed by atoms with E-state index in [9.17, 15) is 9.90 Å². The van der Waals surface area contributed by atoms with Crippen LogP contribution in [0, 0.1) is 5.92 Å². The molecule has 1 N–H and O–H groups in total. The third-order valence-corrected chi connectivity index (χ3v) is 6.89. The van der Waals surface area contributed by atoms with Crippen LogP contribution in [0.2, 0.25) is 0 Å². The fourth-order valence-electron chi connectivity index (χ4n) is 3.17. The number of hydrogen-bond donors (Lipinski definition) is 1. The number of para-hydroxylation sites is 1. The van der Waals surface area contributed by atoms with Crippen molar-refractivity contribution in [2.24, 2.45) is 5.92 Å². The lowest BCUT2D eigenvalue weighted by atomic mass is 10.1. The molecular weight excluding hydrogens is 406 g/mol. The molecule has 0 radical (unpaired) electrons. The molecule has 0 bridgehead atoms. The van der Waals surface area contributed by atoms with E-state index >= 15 is 0 Å². The van der Waals surface area contributed by atoms with Crippen LogP contribution in [0.25, 0.3) is 0 Å². The van der Waals surface area contributed by atoms with Crippen molar-refractivity contribution < 1.29 is 19.4 Å². The molecule has 0 aliphatic carbocycles. The van der Waals surface area contributed by atoms with Gasteiger partial charge < -0.3 is 19.5 Å². The van der Waals surface area contributed by atoms with Crippen LogP contribution < -0.4 is 9.64 Å². The Hall–Kier alpha value is -1.83. The van der Waals surface area contributed by atoms with Gasteiger partial charge in [-0.15, -0.1) is 23.5 Å². The highest BCUT2D eigenvalue weighted by molar-refractivity contribution is 7.99. The van der Waals surface area contributed by atoms with E-state index in [0.717, 1.165) is 33.5 Å². The van der Waals surface area contributed by atoms with Gasteiger partial charge in [0.15, 0.2) is 5.60 Å². The third-order valence-electron chi connectivity index (χ3n) is 4.76. The lowest BCUT2D eigenvalue weighted by Crippen LogP contribution is -2.42. The van der Waals surface area contributed by atoms with Gasteiger partial charge in [0.1, 0.15) is 12.4 Å². The van der Waals surface area contributed by atoms with Crippen molar-refractivity contribution in [2.75, 3.05) is 37.2 Å². The summed E-state index contributed by atoms with van der Waals surface area (Å²) in [7, 11) is 1.25. The van der Waals surface area contributed by atoms with E-state index in [1.54, 1.807) is 11.8 Å². The summed E-state index contributed by atoms with van der Waals surface area (Å²) in [6.07, 6.45) is 1.99. The van der Waals surface area contributed by atoms with E-state index in [4.69, 9.17) is 4.74 Å². The van der Waals surface area contributed by atoms with Crippen molar-refractivity contribution in [3.63, 3.8) is 0 Å². The Labute approximate surface area is 180 Å². The quantitative estimate of drug-likeness (QED) is 0.528. The van der Waals surface area contributed by atoms with Crippen molar-refractivity contribution in [1.82, 2.24) is 0 Å². The summed E-state index contributed by atoms with van der Waals surface area (Å²) in [6.45, 7) is 4.43. The molecule has 1 unspecified atom stereocenters. The first-order chi connectivity index (χ1) is 13.9. The number of ether oxygens (including phenoxy) is 2. The number of benzene rings is 2. The first-order valence-corrected chi connectivity index (χ1v) is 11.7. The topological polar surface area (TPSA) is 59.0 Å². The molecule has 1 heterocycles. The van der Waals surface area contributed by atoms with Gasteiger partial charge >= 0.3 is 5.97 Å². The number of carbonyl (C=O) groups excluding carboxylic acids is 1. The third kappa shape index (κ3) is 5.02. The predicted octanol–water partition coefficient (Wildman–Crippen LogP) is 4.59. The molecule has 2 aromatic carbocycles. The van der Waals surface area contributed by atoms with Crippen molar-refractivity contribution in [3.8, 4) is 5.75 Å². The Kier molecular flexibility index (Phi) is 7.03. The molecule has 0 amide bonds. The Morgan fingerprint density at radius 3 is 2.72 bits per heavy atom. The maximum Gasteiger partial charge on any atom is 0.341 e. The van der Waals surface area contributed by atoms with E-state index in [1.807, 2.05) is 30.2 Å². The smallest absolute Gasteiger partial charge is 0.341 e. The van der Waals surface area contributed by atoms with Crippen LogP contribution >= 0.6 is 23.5 Å². The number of rotatable bonds is 6. The maximum absolute atomic E-state index is 11.8. The summed E-state index contributed by atoms with van der Waals surface area (Å²) >= 11 is 3.39. The summed E-state index contributed by atoms with van der Waals surface area (Å²) in [4.78, 5) is 16.2. The molecule has 0 spiro atoms. The lowest BCUT2D eigenvalue weighted by molar-refractivity contribution is -0.163. The molecule has 0 aromatic heterocycles. The van der Waals surface area contributed by atoms with Crippen molar-refractivity contribution in [2.45, 2.75) is 29.2 Å². The van der Waals surface area contributed by atoms with Gasteiger partial charge in [-0.2, -0.15) is 0 Å². The highest BCUT2D eigenvalue weighted by Crippen LogP contribution is 2.44. The minimum absolute atomic E-state index is 0.171. The van der Waals surface area contributed by atoms with Crippen LogP contribution in [0.1, 0.15) is 13.8 Å². The summed E-state index contributed by atoms with van der Waals surface area (Å²) in [5.74, 6) is 1.48. The molecule has 2 atom stereocenters. The molecule has 1 aliphatic heterocycles. The van der Waals surface area contributed by atoms with E-state index in [1.165, 1.54) is 14.0 Å². The predicted molar refractivity (Wildman–Crippen MR) is 120 cm³/mol. The number of methoxy groups -OCH3 is 1. The van der Waals surface area contributed by atoms with Crippen LogP contribution in [0.3, 0.4) is 0 Å². The molecule has 156 valence electrons. The van der Waals surface area contributed by atoms with Crippen molar-refractivity contribution >= 4 is 40.9 Å². The van der Waals surface area contributed by atoms with Gasteiger partial charge in [0.2, 0.25) is 0 Å². The van der Waals surface area contributed by atoms with Gasteiger partial charge in [-0.25, -0.2) is 4.79 Å². The molecule has 29 heavy (non-hydrogen) atoms. The molecule has 7 heteroatoms. The fourth-order valence-corrected chi connectivity index (χ4v) is 4.80. The van der Waals surface area contributed by atoms with Gasteiger partial charge in [0.25, 0.3) is 0 Å². The Morgan fingerprint density at radius 2 is 2.07 bits per heavy atom. The van der Waals surface area contributed by atoms with Gasteiger partial charge in [-0.1, -0.05) is 25.1 Å². The number of aliphatic hydroxyl groups is 1. The average molecular weight is 434 g/mol. The SMILES string of the molecule is COC(=O)[C@@](C)(O)COc1cc2c(cc1SC)N(c1ccccc1)CC(C)CS2. The normalized spacial score (nSPS) is 18.4. The molecule has 1 aliphatic rings. The maximum atomic E-state index is 11.8. The zero-order chi connectivity index (χ0) is 21.0. The van der Waals surface area contributed by atoms with Gasteiger partial charge in [-0.3, -0.25) is 0 Å². The van der Waals surface area contributed by atoms with Crippen molar-refractivity contribution in [3.05, 3.63) is 42.5 Å². The second kappa shape index (κ2) is 9.32. The summed E-state index contributed by atoms with van der Waals surface area (Å²) < 4.78 is 10.5. The first-order valence-electron chi connectivity index (χ1n) is 9.46. The number of fused-ring (bicyclic) bond motifs is 1. The van der Waals surface area contributed by atoms with Crippen LogP contribution in [0.4, 0.5) is 11.4 Å². The minimum atomic E-state index is -1.70. The highest BCUT2D eigenvalue weighted by atomic mass is 32.2. The zero-order valence-corrected chi connectivity index (χ0v) is 18.8. The van der Waals surface area contributed by atoms with Crippen LogP contribution in [0.15, 0.2) is 52.3 Å². The first kappa shape index (κ1) is 21.9. The van der Waals surface area contributed by atoms with Crippen LogP contribution in [-0.2, 0) is 9.53 Å². The summed E-state index contributed by atoms with van der Waals surface area (Å²) in [5.41, 5.74) is 0.619. The second-order valence-corrected chi connectivity index (χ2v) is 9.30. The van der Waals surface area contributed by atoms with Gasteiger partial charge in [0, 0.05) is 22.9 Å². The number of nitrogens with zero attached hydrogens (tertiary/aromatic N) is 1. The van der Waals surface area contributed by atoms with E-state index < -0.39 is 11.6 Å². The highest BCUT2D eigenvalue weighted by Gasteiger charge is 2.33. The summed E-state index contributed by atoms with van der Waals surface area (Å²) in [5, 5.41) is 10.3. The molecule has 0 saturated heterocycles. The van der Waals surface area contributed by atoms with E-state index in [0.29, 0.717) is 11.7 Å². The molecule has 2 aromatic rings. The molecular formula is C22H27NO4S2. The molecule has 0 saturated carbocycles. The average Bonchev–Trinajstić information content (AvgIpc) is 2.90. The molecule has 0 fully saturated rings.